The molecule has 0 unspecified atom stereocenters. The molecule has 0 atom stereocenters. The molecule has 1 aromatic heterocycles. The zero-order valence-electron chi connectivity index (χ0n) is 13.6. The summed E-state index contributed by atoms with van der Waals surface area (Å²) in [4.78, 5) is 5.57. The molecule has 0 aliphatic rings. The van der Waals surface area contributed by atoms with Crippen LogP contribution in [0.5, 0.6) is 11.5 Å². The normalized spacial score (nSPS) is 10.7. The van der Waals surface area contributed by atoms with E-state index in [2.05, 4.69) is 4.98 Å². The minimum atomic E-state index is -0.407. The quantitative estimate of drug-likeness (QED) is 0.485. The van der Waals surface area contributed by atoms with Crippen molar-refractivity contribution in [2.75, 3.05) is 14.2 Å². The van der Waals surface area contributed by atoms with Crippen molar-refractivity contribution in [3.63, 3.8) is 0 Å². The molecule has 0 spiro atoms. The Morgan fingerprint density at radius 3 is 2.64 bits per heavy atom. The molecule has 3 aromatic rings. The van der Waals surface area contributed by atoms with Gasteiger partial charge >= 0.3 is 0 Å². The zero-order chi connectivity index (χ0) is 17.8. The molecule has 0 radical (unpaired) electrons. The van der Waals surface area contributed by atoms with E-state index in [4.69, 9.17) is 21.1 Å². The lowest BCUT2D eigenvalue weighted by atomic mass is 10.2. The van der Waals surface area contributed by atoms with Crippen molar-refractivity contribution in [1.82, 2.24) is 4.98 Å². The first-order valence-electron chi connectivity index (χ1n) is 7.35. The summed E-state index contributed by atoms with van der Waals surface area (Å²) in [6.07, 6.45) is 0. The van der Waals surface area contributed by atoms with E-state index in [1.165, 1.54) is 6.07 Å². The van der Waals surface area contributed by atoms with Crippen molar-refractivity contribution in [1.29, 1.82) is 0 Å². The Kier molecular flexibility index (Phi) is 5.83. The number of thioether (sulfide) groups is 1. The summed E-state index contributed by atoms with van der Waals surface area (Å²) >= 11 is 8.95. The molecule has 0 saturated heterocycles. The summed E-state index contributed by atoms with van der Waals surface area (Å²) in [5.74, 6) is 1.64. The van der Waals surface area contributed by atoms with E-state index >= 15 is 0 Å². The minimum Gasteiger partial charge on any atom is -0.493 e. The Morgan fingerprint density at radius 2 is 1.92 bits per heavy atom. The molecule has 0 fully saturated rings. The van der Waals surface area contributed by atoms with Gasteiger partial charge in [0.2, 0.25) is 0 Å². The molecule has 0 N–H and O–H groups in total. The number of aromatic nitrogens is 1. The molecule has 25 heavy (non-hydrogen) atoms. The summed E-state index contributed by atoms with van der Waals surface area (Å²) in [5.41, 5.74) is 1.93. The van der Waals surface area contributed by atoms with Crippen LogP contribution >= 0.6 is 34.7 Å². The lowest BCUT2D eigenvalue weighted by Crippen LogP contribution is -1.90. The summed E-state index contributed by atoms with van der Waals surface area (Å²) in [6.45, 7) is 0. The van der Waals surface area contributed by atoms with Gasteiger partial charge in [-0.15, -0.1) is 23.1 Å². The second kappa shape index (κ2) is 8.08. The van der Waals surface area contributed by atoms with E-state index in [1.54, 1.807) is 49.5 Å². The van der Waals surface area contributed by atoms with Crippen molar-refractivity contribution in [2.45, 2.75) is 10.6 Å². The van der Waals surface area contributed by atoms with Gasteiger partial charge in [0.05, 0.1) is 24.9 Å². The highest BCUT2D eigenvalue weighted by Gasteiger charge is 2.10. The topological polar surface area (TPSA) is 31.4 Å². The maximum Gasteiger partial charge on any atom is 0.161 e. The van der Waals surface area contributed by atoms with Gasteiger partial charge < -0.3 is 9.47 Å². The standard InChI is InChI=1S/C18H15ClFNO2S2/c1-22-16-6-3-11(7-17(16)23-2)18-21-12(10-25-18)9-24-13-4-5-15(20)14(19)8-13/h3-8,10H,9H2,1-2H3. The van der Waals surface area contributed by atoms with Crippen LogP contribution in [0.4, 0.5) is 4.39 Å². The maximum atomic E-state index is 13.2. The van der Waals surface area contributed by atoms with Gasteiger partial charge in [0, 0.05) is 21.6 Å². The third kappa shape index (κ3) is 4.26. The fourth-order valence-electron chi connectivity index (χ4n) is 2.20. The third-order valence-corrected chi connectivity index (χ3v) is 5.72. The van der Waals surface area contributed by atoms with Crippen molar-refractivity contribution in [3.8, 4) is 22.1 Å². The number of benzene rings is 2. The van der Waals surface area contributed by atoms with E-state index in [0.29, 0.717) is 17.3 Å². The fourth-order valence-corrected chi connectivity index (χ4v) is 4.19. The largest absolute Gasteiger partial charge is 0.493 e. The predicted octanol–water partition coefficient (Wildman–Crippen LogP) is 5.91. The highest BCUT2D eigenvalue weighted by atomic mass is 35.5. The Morgan fingerprint density at radius 1 is 1.12 bits per heavy atom. The van der Waals surface area contributed by atoms with E-state index < -0.39 is 5.82 Å². The molecule has 0 aliphatic carbocycles. The van der Waals surface area contributed by atoms with Gasteiger partial charge in [-0.1, -0.05) is 11.6 Å². The summed E-state index contributed by atoms with van der Waals surface area (Å²) in [5, 5.41) is 3.06. The van der Waals surface area contributed by atoms with Crippen LogP contribution in [0.3, 0.4) is 0 Å². The lowest BCUT2D eigenvalue weighted by Gasteiger charge is -2.08. The first-order valence-corrected chi connectivity index (χ1v) is 9.59. The molecule has 0 aliphatic heterocycles. The molecule has 3 nitrogen and oxygen atoms in total. The molecule has 7 heteroatoms. The smallest absolute Gasteiger partial charge is 0.161 e. The minimum absolute atomic E-state index is 0.134. The Hall–Kier alpha value is -1.76. The van der Waals surface area contributed by atoms with Crippen molar-refractivity contribution in [2.24, 2.45) is 0 Å². The first-order chi connectivity index (χ1) is 12.1. The Labute approximate surface area is 158 Å². The molecule has 3 rings (SSSR count). The number of nitrogens with zero attached hydrogens (tertiary/aromatic N) is 1. The molecular formula is C18H15ClFNO2S2. The van der Waals surface area contributed by atoms with Crippen LogP contribution in [0, 0.1) is 5.82 Å². The SMILES string of the molecule is COc1ccc(-c2nc(CSc3ccc(F)c(Cl)c3)cs2)cc1OC. The highest BCUT2D eigenvalue weighted by Crippen LogP contribution is 2.34. The third-order valence-electron chi connectivity index (χ3n) is 3.46. The number of rotatable bonds is 6. The average Bonchev–Trinajstić information content (AvgIpc) is 3.11. The van der Waals surface area contributed by atoms with Gasteiger partial charge in [0.1, 0.15) is 10.8 Å². The van der Waals surface area contributed by atoms with Gasteiger partial charge in [-0.25, -0.2) is 9.37 Å². The summed E-state index contributed by atoms with van der Waals surface area (Å²) in [7, 11) is 3.22. The van der Waals surface area contributed by atoms with E-state index in [1.807, 2.05) is 23.6 Å². The van der Waals surface area contributed by atoms with E-state index in [-0.39, 0.29) is 5.02 Å². The van der Waals surface area contributed by atoms with Crippen LogP contribution in [-0.2, 0) is 5.75 Å². The monoisotopic (exact) mass is 395 g/mol. The van der Waals surface area contributed by atoms with Crippen LogP contribution in [0.2, 0.25) is 5.02 Å². The number of hydrogen-bond donors (Lipinski definition) is 0. The summed E-state index contributed by atoms with van der Waals surface area (Å²) in [6, 6.07) is 10.5. The van der Waals surface area contributed by atoms with Crippen LogP contribution in [0.1, 0.15) is 5.69 Å². The number of hydrogen-bond acceptors (Lipinski definition) is 5. The molecular weight excluding hydrogens is 381 g/mol. The van der Waals surface area contributed by atoms with Gasteiger partial charge in [-0.2, -0.15) is 0 Å². The Bertz CT molecular complexity index is 885. The van der Waals surface area contributed by atoms with Crippen LogP contribution in [-0.4, -0.2) is 19.2 Å². The molecule has 2 aromatic carbocycles. The predicted molar refractivity (Wildman–Crippen MR) is 102 cm³/mol. The van der Waals surface area contributed by atoms with Gasteiger partial charge in [-0.3, -0.25) is 0 Å². The van der Waals surface area contributed by atoms with E-state index in [0.717, 1.165) is 21.2 Å². The second-order valence-corrected chi connectivity index (χ2v) is 7.39. The van der Waals surface area contributed by atoms with E-state index in [9.17, 15) is 4.39 Å². The van der Waals surface area contributed by atoms with Crippen LogP contribution in [0.25, 0.3) is 10.6 Å². The van der Waals surface area contributed by atoms with Gasteiger partial charge in [0.25, 0.3) is 0 Å². The number of methoxy groups -OCH3 is 2. The van der Waals surface area contributed by atoms with Gasteiger partial charge in [0.15, 0.2) is 11.5 Å². The second-order valence-electron chi connectivity index (χ2n) is 5.08. The fraction of sp³-hybridized carbons (Fsp3) is 0.167. The van der Waals surface area contributed by atoms with Crippen LogP contribution < -0.4 is 9.47 Å². The Balaban J connectivity index is 1.73. The van der Waals surface area contributed by atoms with Crippen molar-refractivity contribution >= 4 is 34.7 Å². The molecule has 1 heterocycles. The van der Waals surface area contributed by atoms with Crippen molar-refractivity contribution < 1.29 is 13.9 Å². The molecule has 0 amide bonds. The summed E-state index contributed by atoms with van der Waals surface area (Å²) < 4.78 is 23.8. The van der Waals surface area contributed by atoms with Gasteiger partial charge in [-0.05, 0) is 36.4 Å². The lowest BCUT2D eigenvalue weighted by molar-refractivity contribution is 0.355. The number of thiazole rings is 1. The average molecular weight is 396 g/mol. The zero-order valence-corrected chi connectivity index (χ0v) is 16.0. The number of halogens is 2. The molecule has 130 valence electrons. The van der Waals surface area contributed by atoms with Crippen LogP contribution in [0.15, 0.2) is 46.7 Å². The van der Waals surface area contributed by atoms with Crippen molar-refractivity contribution in [3.05, 3.63) is 58.3 Å². The molecule has 0 bridgehead atoms. The number of ether oxygens (including phenoxy) is 2. The molecule has 0 saturated carbocycles. The first kappa shape index (κ1) is 18.0. The highest BCUT2D eigenvalue weighted by molar-refractivity contribution is 7.98. The maximum absolute atomic E-state index is 13.2.